The van der Waals surface area contributed by atoms with Crippen LogP contribution >= 0.6 is 23.2 Å². The van der Waals surface area contributed by atoms with Crippen LogP contribution in [-0.4, -0.2) is 16.1 Å². The van der Waals surface area contributed by atoms with E-state index in [-0.39, 0.29) is 16.3 Å². The number of nitrogens with zero attached hydrogens (tertiary/aromatic N) is 1. The van der Waals surface area contributed by atoms with Crippen molar-refractivity contribution in [2.45, 2.75) is 13.8 Å². The van der Waals surface area contributed by atoms with Gasteiger partial charge in [0.05, 0.1) is 10.7 Å². The number of carboxylic acids is 1. The Morgan fingerprint density at radius 2 is 1.95 bits per heavy atom. The number of halogens is 2. The topological polar surface area (TPSA) is 59.4 Å². The van der Waals surface area contributed by atoms with Gasteiger partial charge in [0.25, 0.3) is 0 Å². The second kappa shape index (κ2) is 5.69. The van der Waals surface area contributed by atoms with Crippen LogP contribution in [0.5, 0.6) is 11.5 Å². The van der Waals surface area contributed by atoms with Crippen LogP contribution in [-0.2, 0) is 0 Å². The predicted octanol–water partition coefficient (Wildman–Crippen LogP) is 4.50. The number of ether oxygens (including phenoxy) is 1. The Balaban J connectivity index is 2.53. The molecule has 0 amide bonds. The molecule has 1 aromatic heterocycles. The molecular formula is C14H11Cl2NO3. The molecule has 0 aliphatic heterocycles. The third-order valence-electron chi connectivity index (χ3n) is 2.64. The van der Waals surface area contributed by atoms with Crippen molar-refractivity contribution in [1.29, 1.82) is 0 Å². The Morgan fingerprint density at radius 1 is 1.25 bits per heavy atom. The number of benzene rings is 1. The van der Waals surface area contributed by atoms with E-state index in [0.29, 0.717) is 22.2 Å². The van der Waals surface area contributed by atoms with E-state index in [4.69, 9.17) is 27.9 Å². The van der Waals surface area contributed by atoms with E-state index in [1.54, 1.807) is 38.1 Å². The molecule has 20 heavy (non-hydrogen) atoms. The Bertz CT molecular complexity index is 686. The highest BCUT2D eigenvalue weighted by Crippen LogP contribution is 2.36. The van der Waals surface area contributed by atoms with Crippen molar-refractivity contribution in [3.63, 3.8) is 0 Å². The van der Waals surface area contributed by atoms with Crippen LogP contribution < -0.4 is 4.74 Å². The Morgan fingerprint density at radius 3 is 2.60 bits per heavy atom. The summed E-state index contributed by atoms with van der Waals surface area (Å²) in [4.78, 5) is 15.4. The fourth-order valence-electron chi connectivity index (χ4n) is 1.81. The van der Waals surface area contributed by atoms with Crippen molar-refractivity contribution < 1.29 is 14.6 Å². The van der Waals surface area contributed by atoms with Gasteiger partial charge in [0.15, 0.2) is 0 Å². The SMILES string of the molecule is Cc1cc(Oc2cccc(Cl)c2Cl)c(C(=O)O)c(C)n1. The standard InChI is InChI=1S/C14H11Cl2NO3/c1-7-6-11(12(14(18)19)8(2)17-7)20-10-5-3-4-9(15)13(10)16/h3-6H,1-2H3,(H,18,19). The smallest absolute Gasteiger partial charge is 0.341 e. The van der Waals surface area contributed by atoms with E-state index in [1.165, 1.54) is 0 Å². The van der Waals surface area contributed by atoms with Crippen LogP contribution in [0.15, 0.2) is 24.3 Å². The second-order valence-corrected chi connectivity index (χ2v) is 4.97. The molecule has 0 atom stereocenters. The summed E-state index contributed by atoms with van der Waals surface area (Å²) in [6.07, 6.45) is 0. The Hall–Kier alpha value is -1.78. The van der Waals surface area contributed by atoms with Crippen molar-refractivity contribution in [1.82, 2.24) is 4.98 Å². The zero-order valence-corrected chi connectivity index (χ0v) is 12.3. The van der Waals surface area contributed by atoms with Crippen molar-refractivity contribution in [2.75, 3.05) is 0 Å². The molecule has 0 spiro atoms. The first-order valence-corrected chi connectivity index (χ1v) is 6.49. The number of aromatic nitrogens is 1. The van der Waals surface area contributed by atoms with Crippen molar-refractivity contribution in [2.24, 2.45) is 0 Å². The van der Waals surface area contributed by atoms with E-state index >= 15 is 0 Å². The van der Waals surface area contributed by atoms with Gasteiger partial charge in [-0.1, -0.05) is 29.3 Å². The Kier molecular flexibility index (Phi) is 4.16. The van der Waals surface area contributed by atoms with Crippen molar-refractivity contribution in [3.05, 3.63) is 51.3 Å². The summed E-state index contributed by atoms with van der Waals surface area (Å²) < 4.78 is 5.61. The third kappa shape index (κ3) is 2.86. The molecule has 4 nitrogen and oxygen atoms in total. The molecule has 0 saturated carbocycles. The molecular weight excluding hydrogens is 301 g/mol. The van der Waals surface area contributed by atoms with E-state index in [2.05, 4.69) is 4.98 Å². The van der Waals surface area contributed by atoms with Crippen LogP contribution in [0.4, 0.5) is 0 Å². The number of rotatable bonds is 3. The molecule has 0 aliphatic carbocycles. The Labute approximate surface area is 125 Å². The first kappa shape index (κ1) is 14.6. The number of aromatic carboxylic acids is 1. The average molecular weight is 312 g/mol. The lowest BCUT2D eigenvalue weighted by atomic mass is 10.1. The normalized spacial score (nSPS) is 10.4. The van der Waals surface area contributed by atoms with Crippen LogP contribution in [0, 0.1) is 13.8 Å². The fourth-order valence-corrected chi connectivity index (χ4v) is 2.15. The minimum atomic E-state index is -1.11. The van der Waals surface area contributed by atoms with Crippen molar-refractivity contribution >= 4 is 29.2 Å². The van der Waals surface area contributed by atoms with E-state index < -0.39 is 5.97 Å². The molecule has 6 heteroatoms. The molecule has 0 fully saturated rings. The molecule has 104 valence electrons. The lowest BCUT2D eigenvalue weighted by Gasteiger charge is -2.13. The van der Waals surface area contributed by atoms with Gasteiger partial charge in [-0.05, 0) is 26.0 Å². The van der Waals surface area contributed by atoms with Gasteiger partial charge in [0.1, 0.15) is 22.1 Å². The quantitative estimate of drug-likeness (QED) is 0.906. The summed E-state index contributed by atoms with van der Waals surface area (Å²) in [6.45, 7) is 3.37. The van der Waals surface area contributed by atoms with Gasteiger partial charge in [-0.2, -0.15) is 0 Å². The highest BCUT2D eigenvalue weighted by Gasteiger charge is 2.18. The van der Waals surface area contributed by atoms with Gasteiger partial charge in [-0.3, -0.25) is 4.98 Å². The third-order valence-corrected chi connectivity index (χ3v) is 3.44. The predicted molar refractivity (Wildman–Crippen MR) is 77.2 cm³/mol. The van der Waals surface area contributed by atoms with Crippen LogP contribution in [0.1, 0.15) is 21.7 Å². The number of carboxylic acid groups (broad SMARTS) is 1. The fraction of sp³-hybridized carbons (Fsp3) is 0.143. The number of hydrogen-bond acceptors (Lipinski definition) is 3. The maximum absolute atomic E-state index is 11.3. The monoisotopic (exact) mass is 311 g/mol. The minimum absolute atomic E-state index is 0.00615. The second-order valence-electron chi connectivity index (χ2n) is 4.18. The van der Waals surface area contributed by atoms with Gasteiger partial charge in [-0.25, -0.2) is 4.79 Å². The lowest BCUT2D eigenvalue weighted by molar-refractivity contribution is 0.0693. The number of carbonyl (C=O) groups is 1. The zero-order chi connectivity index (χ0) is 14.9. The highest BCUT2D eigenvalue weighted by molar-refractivity contribution is 6.42. The molecule has 1 aromatic carbocycles. The molecule has 2 rings (SSSR count). The summed E-state index contributed by atoms with van der Waals surface area (Å²) >= 11 is 11.9. The summed E-state index contributed by atoms with van der Waals surface area (Å²) in [6, 6.07) is 6.46. The molecule has 0 aliphatic rings. The minimum Gasteiger partial charge on any atom is -0.477 e. The number of pyridine rings is 1. The molecule has 0 saturated heterocycles. The van der Waals surface area contributed by atoms with Crippen LogP contribution in [0.3, 0.4) is 0 Å². The first-order valence-electron chi connectivity index (χ1n) is 5.73. The number of aryl methyl sites for hydroxylation is 2. The molecule has 0 bridgehead atoms. The molecule has 0 radical (unpaired) electrons. The largest absolute Gasteiger partial charge is 0.477 e. The summed E-state index contributed by atoms with van der Waals surface area (Å²) in [5.41, 5.74) is 1.04. The van der Waals surface area contributed by atoms with Crippen LogP contribution in [0.2, 0.25) is 10.0 Å². The van der Waals surface area contributed by atoms with Gasteiger partial charge >= 0.3 is 5.97 Å². The summed E-state index contributed by atoms with van der Waals surface area (Å²) in [7, 11) is 0. The molecule has 1 N–H and O–H groups in total. The first-order chi connectivity index (χ1) is 9.40. The van der Waals surface area contributed by atoms with Gasteiger partial charge in [0, 0.05) is 11.8 Å². The van der Waals surface area contributed by atoms with E-state index in [0.717, 1.165) is 0 Å². The van der Waals surface area contributed by atoms with E-state index in [9.17, 15) is 9.90 Å². The van der Waals surface area contributed by atoms with Crippen molar-refractivity contribution in [3.8, 4) is 11.5 Å². The molecule has 2 aromatic rings. The molecule has 1 heterocycles. The zero-order valence-electron chi connectivity index (χ0n) is 10.8. The number of hydrogen-bond donors (Lipinski definition) is 1. The van der Waals surface area contributed by atoms with E-state index in [1.807, 2.05) is 0 Å². The average Bonchev–Trinajstić information content (AvgIpc) is 2.33. The molecule has 0 unspecified atom stereocenters. The highest BCUT2D eigenvalue weighted by atomic mass is 35.5. The summed E-state index contributed by atoms with van der Waals surface area (Å²) in [5, 5.41) is 9.83. The van der Waals surface area contributed by atoms with Gasteiger partial charge in [-0.15, -0.1) is 0 Å². The summed E-state index contributed by atoms with van der Waals surface area (Å²) in [5.74, 6) is -0.624. The van der Waals surface area contributed by atoms with Gasteiger partial charge < -0.3 is 9.84 Å². The lowest BCUT2D eigenvalue weighted by Crippen LogP contribution is -2.06. The maximum Gasteiger partial charge on any atom is 0.341 e. The maximum atomic E-state index is 11.3. The van der Waals surface area contributed by atoms with Gasteiger partial charge in [0.2, 0.25) is 0 Å². The van der Waals surface area contributed by atoms with Crippen LogP contribution in [0.25, 0.3) is 0 Å².